The maximum atomic E-state index is 11.6. The van der Waals surface area contributed by atoms with E-state index in [1.807, 2.05) is 31.2 Å². The van der Waals surface area contributed by atoms with Gasteiger partial charge in [0.1, 0.15) is 5.60 Å². The zero-order valence-corrected chi connectivity index (χ0v) is 12.4. The fourth-order valence-electron chi connectivity index (χ4n) is 1.92. The SMILES string of the molecule is CCC(C(=O)OC)C(C)(O)c1ccc(I)cc1. The highest BCUT2D eigenvalue weighted by molar-refractivity contribution is 14.1. The summed E-state index contributed by atoms with van der Waals surface area (Å²) in [5.41, 5.74) is -0.471. The third kappa shape index (κ3) is 3.19. The van der Waals surface area contributed by atoms with Gasteiger partial charge < -0.3 is 9.84 Å². The van der Waals surface area contributed by atoms with Crippen LogP contribution in [0.15, 0.2) is 24.3 Å². The highest BCUT2D eigenvalue weighted by atomic mass is 127. The Morgan fingerprint density at radius 2 is 2.00 bits per heavy atom. The van der Waals surface area contributed by atoms with Gasteiger partial charge >= 0.3 is 5.97 Å². The molecule has 0 saturated heterocycles. The molecule has 94 valence electrons. The zero-order valence-electron chi connectivity index (χ0n) is 10.2. The van der Waals surface area contributed by atoms with Gasteiger partial charge in [-0.05, 0) is 53.6 Å². The van der Waals surface area contributed by atoms with E-state index in [9.17, 15) is 9.90 Å². The molecular formula is C13H17IO3. The number of hydrogen-bond donors (Lipinski definition) is 1. The van der Waals surface area contributed by atoms with Gasteiger partial charge in [-0.3, -0.25) is 4.79 Å². The van der Waals surface area contributed by atoms with Crippen molar-refractivity contribution in [2.45, 2.75) is 25.9 Å². The molecule has 4 heteroatoms. The average molecular weight is 348 g/mol. The maximum absolute atomic E-state index is 11.6. The lowest BCUT2D eigenvalue weighted by Gasteiger charge is -2.30. The Balaban J connectivity index is 3.07. The minimum atomic E-state index is -1.20. The van der Waals surface area contributed by atoms with E-state index >= 15 is 0 Å². The Morgan fingerprint density at radius 1 is 1.47 bits per heavy atom. The largest absolute Gasteiger partial charge is 0.469 e. The molecule has 3 nitrogen and oxygen atoms in total. The third-order valence-electron chi connectivity index (χ3n) is 3.00. The summed E-state index contributed by atoms with van der Waals surface area (Å²) >= 11 is 2.20. The van der Waals surface area contributed by atoms with Crippen LogP contribution in [0.4, 0.5) is 0 Å². The standard InChI is InChI=1S/C13H17IO3/c1-4-11(12(15)17-3)13(2,16)9-5-7-10(14)8-6-9/h5-8,11,16H,4H2,1-3H3. The Labute approximate surface area is 115 Å². The van der Waals surface area contributed by atoms with Gasteiger partial charge in [-0.25, -0.2) is 0 Å². The van der Waals surface area contributed by atoms with Gasteiger partial charge in [-0.1, -0.05) is 19.1 Å². The van der Waals surface area contributed by atoms with Crippen molar-refractivity contribution in [3.63, 3.8) is 0 Å². The Bertz CT molecular complexity index is 384. The molecule has 0 aliphatic carbocycles. The minimum absolute atomic E-state index is 0.379. The molecule has 0 fully saturated rings. The molecule has 0 saturated carbocycles. The van der Waals surface area contributed by atoms with Gasteiger partial charge in [0.25, 0.3) is 0 Å². The molecule has 2 atom stereocenters. The molecule has 2 unspecified atom stereocenters. The highest BCUT2D eigenvalue weighted by Gasteiger charge is 2.38. The number of methoxy groups -OCH3 is 1. The first-order valence-electron chi connectivity index (χ1n) is 5.49. The number of carbonyl (C=O) groups excluding carboxylic acids is 1. The molecule has 1 aromatic carbocycles. The van der Waals surface area contributed by atoms with Crippen LogP contribution in [0.25, 0.3) is 0 Å². The normalized spacial score (nSPS) is 16.1. The minimum Gasteiger partial charge on any atom is -0.469 e. The number of halogens is 1. The summed E-state index contributed by atoms with van der Waals surface area (Å²) in [7, 11) is 1.34. The highest BCUT2D eigenvalue weighted by Crippen LogP contribution is 2.32. The zero-order chi connectivity index (χ0) is 13.1. The van der Waals surface area contributed by atoms with E-state index in [0.29, 0.717) is 6.42 Å². The fourth-order valence-corrected chi connectivity index (χ4v) is 2.28. The fraction of sp³-hybridized carbons (Fsp3) is 0.462. The van der Waals surface area contributed by atoms with E-state index in [0.717, 1.165) is 9.13 Å². The third-order valence-corrected chi connectivity index (χ3v) is 3.72. The molecule has 0 heterocycles. The molecule has 0 radical (unpaired) electrons. The molecule has 0 aliphatic rings. The van der Waals surface area contributed by atoms with Gasteiger partial charge in [0, 0.05) is 3.57 Å². The van der Waals surface area contributed by atoms with Crippen LogP contribution in [-0.4, -0.2) is 18.2 Å². The molecule has 1 aromatic rings. The van der Waals surface area contributed by atoms with Crippen molar-refractivity contribution >= 4 is 28.6 Å². The van der Waals surface area contributed by atoms with Gasteiger partial charge in [-0.2, -0.15) is 0 Å². The van der Waals surface area contributed by atoms with Crippen LogP contribution < -0.4 is 0 Å². The number of hydrogen-bond acceptors (Lipinski definition) is 3. The van der Waals surface area contributed by atoms with Crippen molar-refractivity contribution in [1.29, 1.82) is 0 Å². The van der Waals surface area contributed by atoms with Crippen molar-refractivity contribution in [2.24, 2.45) is 5.92 Å². The van der Waals surface area contributed by atoms with Crippen LogP contribution in [0, 0.1) is 9.49 Å². The quantitative estimate of drug-likeness (QED) is 0.672. The predicted octanol–water partition coefficient (Wildman–Crippen LogP) is 2.70. The van der Waals surface area contributed by atoms with E-state index in [1.54, 1.807) is 6.92 Å². The average Bonchev–Trinajstić information content (AvgIpc) is 2.29. The smallest absolute Gasteiger partial charge is 0.311 e. The summed E-state index contributed by atoms with van der Waals surface area (Å²) in [4.78, 5) is 11.6. The van der Waals surface area contributed by atoms with Crippen molar-refractivity contribution in [3.8, 4) is 0 Å². The molecule has 0 aliphatic heterocycles. The predicted molar refractivity (Wildman–Crippen MR) is 74.5 cm³/mol. The molecular weight excluding hydrogens is 331 g/mol. The van der Waals surface area contributed by atoms with E-state index in [1.165, 1.54) is 7.11 Å². The van der Waals surface area contributed by atoms with Gasteiger partial charge in [0.15, 0.2) is 0 Å². The lowest BCUT2D eigenvalue weighted by Crippen LogP contribution is -2.37. The molecule has 0 spiro atoms. The second kappa shape index (κ2) is 5.82. The first-order valence-corrected chi connectivity index (χ1v) is 6.57. The summed E-state index contributed by atoms with van der Waals surface area (Å²) in [6.45, 7) is 3.52. The van der Waals surface area contributed by atoms with E-state index in [4.69, 9.17) is 4.74 Å². The topological polar surface area (TPSA) is 46.5 Å². The molecule has 0 aromatic heterocycles. The first-order chi connectivity index (χ1) is 7.93. The van der Waals surface area contributed by atoms with Crippen molar-refractivity contribution in [2.75, 3.05) is 7.11 Å². The summed E-state index contributed by atoms with van der Waals surface area (Å²) in [6.07, 6.45) is 0.533. The van der Waals surface area contributed by atoms with Crippen molar-refractivity contribution in [1.82, 2.24) is 0 Å². The number of benzene rings is 1. The van der Waals surface area contributed by atoms with Crippen molar-refractivity contribution < 1.29 is 14.6 Å². The molecule has 0 amide bonds. The second-order valence-corrected chi connectivity index (χ2v) is 5.38. The van der Waals surface area contributed by atoms with E-state index in [2.05, 4.69) is 22.6 Å². The Hall–Kier alpha value is -0.620. The van der Waals surface area contributed by atoms with Crippen LogP contribution in [-0.2, 0) is 15.1 Å². The van der Waals surface area contributed by atoms with E-state index in [-0.39, 0.29) is 5.97 Å². The maximum Gasteiger partial charge on any atom is 0.311 e. The Kier molecular flexibility index (Phi) is 4.94. The Morgan fingerprint density at radius 3 is 2.41 bits per heavy atom. The van der Waals surface area contributed by atoms with Crippen LogP contribution in [0.2, 0.25) is 0 Å². The summed E-state index contributed by atoms with van der Waals surface area (Å²) in [5.74, 6) is -0.927. The number of ether oxygens (including phenoxy) is 1. The second-order valence-electron chi connectivity index (χ2n) is 4.14. The van der Waals surface area contributed by atoms with Crippen LogP contribution >= 0.6 is 22.6 Å². The van der Waals surface area contributed by atoms with Gasteiger partial charge in [0.05, 0.1) is 13.0 Å². The lowest BCUT2D eigenvalue weighted by atomic mass is 9.81. The van der Waals surface area contributed by atoms with Gasteiger partial charge in [0.2, 0.25) is 0 Å². The molecule has 17 heavy (non-hydrogen) atoms. The monoisotopic (exact) mass is 348 g/mol. The number of rotatable bonds is 4. The molecule has 1 rings (SSSR count). The summed E-state index contributed by atoms with van der Waals surface area (Å²) in [6, 6.07) is 7.50. The van der Waals surface area contributed by atoms with Crippen LogP contribution in [0.3, 0.4) is 0 Å². The first kappa shape index (κ1) is 14.4. The van der Waals surface area contributed by atoms with Crippen molar-refractivity contribution in [3.05, 3.63) is 33.4 Å². The van der Waals surface area contributed by atoms with E-state index < -0.39 is 11.5 Å². The number of aliphatic hydroxyl groups is 1. The molecule has 0 bridgehead atoms. The van der Waals surface area contributed by atoms with Crippen LogP contribution in [0.5, 0.6) is 0 Å². The molecule has 1 N–H and O–H groups in total. The summed E-state index contributed by atoms with van der Waals surface area (Å²) < 4.78 is 5.83. The lowest BCUT2D eigenvalue weighted by molar-refractivity contribution is -0.155. The van der Waals surface area contributed by atoms with Crippen LogP contribution in [0.1, 0.15) is 25.8 Å². The number of carbonyl (C=O) groups is 1. The van der Waals surface area contributed by atoms with Gasteiger partial charge in [-0.15, -0.1) is 0 Å². The summed E-state index contributed by atoms with van der Waals surface area (Å²) in [5, 5.41) is 10.5. The number of esters is 1.